The van der Waals surface area contributed by atoms with Crippen LogP contribution in [0.5, 0.6) is 0 Å². The number of carboxylic acid groups (broad SMARTS) is 1. The fourth-order valence-corrected chi connectivity index (χ4v) is 0.0781. The second-order valence-electron chi connectivity index (χ2n) is 0.734. The summed E-state index contributed by atoms with van der Waals surface area (Å²) < 4.78 is 0. The normalized spacial score (nSPS) is 7.17. The number of hydrogen-bond donors (Lipinski definition) is 1. The van der Waals surface area contributed by atoms with Crippen LogP contribution >= 0.6 is 0 Å². The van der Waals surface area contributed by atoms with Crippen LogP contribution in [-0.4, -0.2) is 25.3 Å². The third kappa shape index (κ3) is 3.33. The van der Waals surface area contributed by atoms with E-state index in [1.807, 2.05) is 0 Å². The molecule has 1 radical (unpaired) electrons. The molecule has 0 bridgehead atoms. The number of hydrogen-bond acceptors (Lipinski definition) is 2. The van der Waals surface area contributed by atoms with Gasteiger partial charge >= 0.3 is 34.9 Å². The molecule has 0 aromatic heterocycles. The van der Waals surface area contributed by atoms with Gasteiger partial charge in [0.2, 0.25) is 0 Å². The summed E-state index contributed by atoms with van der Waals surface area (Å²) in [5, 5.41) is 7.74. The van der Waals surface area contributed by atoms with Gasteiger partial charge in [0.25, 0.3) is 0 Å². The number of rotatable bonds is 2. The summed E-state index contributed by atoms with van der Waals surface area (Å²) in [6.07, 6.45) is 0. The average Bonchev–Trinajstić information content (AvgIpc) is 1.35. The Morgan fingerprint density at radius 1 is 2.00 bits per heavy atom. The number of aliphatic carboxylic acids is 1. The molecule has 0 unspecified atom stereocenters. The van der Waals surface area contributed by atoms with Crippen molar-refractivity contribution in [1.29, 1.82) is 0 Å². The van der Waals surface area contributed by atoms with Crippen molar-refractivity contribution in [2.24, 2.45) is 4.90 Å². The van der Waals surface area contributed by atoms with E-state index in [0.717, 1.165) is 0 Å². The Balaban J connectivity index is 3.05. The van der Waals surface area contributed by atoms with E-state index < -0.39 is 5.97 Å². The standard InChI is InChI=1S/C2H3BNO2/c3-4-1-2(5)6/h1H2,(H,5,6). The minimum atomic E-state index is -1.00. The predicted octanol–water partition coefficient (Wildman–Crippen LogP) is -0.577. The van der Waals surface area contributed by atoms with Crippen LogP contribution < -0.4 is 0 Å². The average molecular weight is 83.9 g/mol. The second kappa shape index (κ2) is 2.57. The quantitative estimate of drug-likeness (QED) is 0.455. The minimum absolute atomic E-state index is 0.306. The van der Waals surface area contributed by atoms with Crippen molar-refractivity contribution in [3.05, 3.63) is 0 Å². The Labute approximate surface area is 36.1 Å². The first kappa shape index (κ1) is 5.33. The summed E-state index contributed by atoms with van der Waals surface area (Å²) >= 11 is 0. The zero-order valence-corrected chi connectivity index (χ0v) is 3.09. The van der Waals surface area contributed by atoms with Gasteiger partial charge in [-0.15, -0.1) is 0 Å². The zero-order chi connectivity index (χ0) is 4.99. The SMILES string of the molecule is [B]=NCC(=O)O. The fraction of sp³-hybridized carbons (Fsp3) is 0.500. The molecule has 0 amide bonds. The summed E-state index contributed by atoms with van der Waals surface area (Å²) in [6.45, 7) is -0.306. The van der Waals surface area contributed by atoms with Gasteiger partial charge in [0.05, 0.1) is 0 Å². The van der Waals surface area contributed by atoms with Gasteiger partial charge < -0.3 is 0 Å². The first-order valence-corrected chi connectivity index (χ1v) is 1.36. The van der Waals surface area contributed by atoms with E-state index in [-0.39, 0.29) is 6.54 Å². The molecule has 0 heterocycles. The van der Waals surface area contributed by atoms with Gasteiger partial charge in [-0.05, 0) is 0 Å². The van der Waals surface area contributed by atoms with E-state index in [1.54, 1.807) is 0 Å². The van der Waals surface area contributed by atoms with Crippen molar-refractivity contribution in [3.63, 3.8) is 0 Å². The molecule has 0 spiro atoms. The molecular formula is C2H3BNO2. The van der Waals surface area contributed by atoms with Crippen molar-refractivity contribution < 1.29 is 9.90 Å². The van der Waals surface area contributed by atoms with E-state index in [1.165, 1.54) is 0 Å². The molecule has 0 atom stereocenters. The Bertz CT molecular complexity index is 71.9. The summed E-state index contributed by atoms with van der Waals surface area (Å²) in [5.74, 6) is -1.00. The molecule has 3 nitrogen and oxygen atoms in total. The van der Waals surface area contributed by atoms with E-state index in [2.05, 4.69) is 12.5 Å². The van der Waals surface area contributed by atoms with Crippen molar-refractivity contribution in [2.75, 3.05) is 6.54 Å². The van der Waals surface area contributed by atoms with Crippen LogP contribution in [0.3, 0.4) is 0 Å². The molecule has 1 N–H and O–H groups in total. The maximum absolute atomic E-state index is 9.43. The van der Waals surface area contributed by atoms with E-state index in [0.29, 0.717) is 0 Å². The van der Waals surface area contributed by atoms with Crippen LogP contribution in [0, 0.1) is 0 Å². The number of carbonyl (C=O) groups is 1. The van der Waals surface area contributed by atoms with Crippen LogP contribution in [0.2, 0.25) is 0 Å². The Kier molecular flexibility index (Phi) is 2.28. The van der Waals surface area contributed by atoms with Crippen molar-refractivity contribution in [3.8, 4) is 0 Å². The van der Waals surface area contributed by atoms with Gasteiger partial charge in [0.15, 0.2) is 0 Å². The van der Waals surface area contributed by atoms with Gasteiger partial charge in [-0.1, -0.05) is 0 Å². The molecule has 0 aliphatic carbocycles. The van der Waals surface area contributed by atoms with Crippen molar-refractivity contribution in [1.82, 2.24) is 0 Å². The van der Waals surface area contributed by atoms with Crippen LogP contribution in [0.25, 0.3) is 0 Å². The van der Waals surface area contributed by atoms with Crippen LogP contribution in [0.4, 0.5) is 0 Å². The molecular weight excluding hydrogens is 80.8 g/mol. The van der Waals surface area contributed by atoms with Gasteiger partial charge in [-0.2, -0.15) is 0 Å². The summed E-state index contributed by atoms with van der Waals surface area (Å²) in [6, 6.07) is 0. The molecule has 6 heavy (non-hydrogen) atoms. The van der Waals surface area contributed by atoms with Crippen LogP contribution in [0.1, 0.15) is 0 Å². The third-order valence-corrected chi connectivity index (χ3v) is 0.227. The molecule has 0 rings (SSSR count). The Morgan fingerprint density at radius 3 is 2.50 bits per heavy atom. The summed E-state index contributed by atoms with van der Waals surface area (Å²) in [7, 11) is 4.47. The zero-order valence-electron chi connectivity index (χ0n) is 3.09. The molecule has 0 aromatic rings. The summed E-state index contributed by atoms with van der Waals surface area (Å²) in [4.78, 5) is 12.3. The van der Waals surface area contributed by atoms with E-state index in [4.69, 9.17) is 5.11 Å². The topological polar surface area (TPSA) is 49.7 Å². The van der Waals surface area contributed by atoms with Crippen molar-refractivity contribution >= 4 is 13.6 Å². The molecule has 0 saturated heterocycles. The summed E-state index contributed by atoms with van der Waals surface area (Å²) in [5.41, 5.74) is 0. The molecule has 0 aliphatic heterocycles. The molecule has 0 fully saturated rings. The first-order chi connectivity index (χ1) is 2.77. The molecule has 31 valence electrons. The fourth-order valence-electron chi connectivity index (χ4n) is 0.0781. The molecule has 0 saturated carbocycles. The van der Waals surface area contributed by atoms with Gasteiger partial charge in [0, 0.05) is 0 Å². The van der Waals surface area contributed by atoms with Crippen LogP contribution in [0.15, 0.2) is 4.90 Å². The predicted molar refractivity (Wildman–Crippen MR) is 20.7 cm³/mol. The van der Waals surface area contributed by atoms with Gasteiger partial charge in [-0.3, -0.25) is 0 Å². The van der Waals surface area contributed by atoms with E-state index >= 15 is 0 Å². The van der Waals surface area contributed by atoms with E-state index in [9.17, 15) is 4.79 Å². The van der Waals surface area contributed by atoms with Crippen LogP contribution in [-0.2, 0) is 4.79 Å². The maximum atomic E-state index is 9.43. The van der Waals surface area contributed by atoms with Gasteiger partial charge in [-0.25, -0.2) is 0 Å². The third-order valence-electron chi connectivity index (χ3n) is 0.227. The molecule has 0 aliphatic rings. The monoisotopic (exact) mass is 84.0 g/mol. The molecule has 0 aromatic carbocycles. The number of carboxylic acids is 1. The van der Waals surface area contributed by atoms with Crippen molar-refractivity contribution in [2.45, 2.75) is 0 Å². The molecule has 4 heteroatoms. The van der Waals surface area contributed by atoms with Gasteiger partial charge in [0.1, 0.15) is 0 Å². The first-order valence-electron chi connectivity index (χ1n) is 1.36. The Morgan fingerprint density at radius 2 is 2.50 bits per heavy atom. The number of nitrogens with zero attached hydrogens (tertiary/aromatic N) is 1. The Hall–Kier alpha value is -0.665. The second-order valence-corrected chi connectivity index (χ2v) is 0.734.